The Hall–Kier alpha value is -2.35. The summed E-state index contributed by atoms with van der Waals surface area (Å²) in [6.45, 7) is 15.2. The molecule has 1 amide bonds. The molecule has 3 rings (SSSR count). The molecule has 0 radical (unpaired) electrons. The van der Waals surface area contributed by atoms with Crippen molar-refractivity contribution in [2.45, 2.75) is 78.8 Å². The van der Waals surface area contributed by atoms with Crippen LogP contribution in [0.25, 0.3) is 0 Å². The van der Waals surface area contributed by atoms with Crippen LogP contribution in [0.4, 0.5) is 8.78 Å². The lowest BCUT2D eigenvalue weighted by atomic mass is 9.92. The maximum Gasteiger partial charge on any atom is 0.209 e. The van der Waals surface area contributed by atoms with Crippen LogP contribution in [0.15, 0.2) is 48.5 Å². The molecule has 5 nitrogen and oxygen atoms in total. The Bertz CT molecular complexity index is 880. The van der Waals surface area contributed by atoms with Crippen LogP contribution in [0.5, 0.6) is 0 Å². The second-order valence-corrected chi connectivity index (χ2v) is 9.99. The number of hydrogen-bond acceptors (Lipinski definition) is 4. The minimum atomic E-state index is -0.392. The predicted molar refractivity (Wildman–Crippen MR) is 169 cm³/mol. The van der Waals surface area contributed by atoms with Gasteiger partial charge in [-0.3, -0.25) is 9.69 Å². The van der Waals surface area contributed by atoms with Gasteiger partial charge in [-0.1, -0.05) is 58.0 Å². The van der Waals surface area contributed by atoms with Gasteiger partial charge in [-0.2, -0.15) is 0 Å². The van der Waals surface area contributed by atoms with Crippen molar-refractivity contribution in [2.75, 3.05) is 54.9 Å². The molecule has 1 unspecified atom stereocenters. The maximum absolute atomic E-state index is 13.7. The van der Waals surface area contributed by atoms with Gasteiger partial charge in [-0.15, -0.1) is 0 Å². The number of carbonyl (C=O) groups excluding carboxylic acids is 1. The first kappa shape index (κ1) is 39.8. The van der Waals surface area contributed by atoms with Gasteiger partial charge in [0.2, 0.25) is 6.41 Å². The van der Waals surface area contributed by atoms with Crippen molar-refractivity contribution in [3.05, 3.63) is 71.3 Å². The van der Waals surface area contributed by atoms with E-state index in [1.165, 1.54) is 30.7 Å². The molecule has 2 aromatic carbocycles. The van der Waals surface area contributed by atoms with Crippen molar-refractivity contribution in [3.8, 4) is 0 Å². The van der Waals surface area contributed by atoms with Gasteiger partial charge in [-0.25, -0.2) is 8.78 Å². The quantitative estimate of drug-likeness (QED) is 0.375. The van der Waals surface area contributed by atoms with Crippen LogP contribution < -0.4 is 5.32 Å². The maximum atomic E-state index is 13.7. The molecule has 1 fully saturated rings. The fourth-order valence-electron chi connectivity index (χ4n) is 4.08. The number of likely N-dealkylation sites (tertiary alicyclic amines) is 1. The summed E-state index contributed by atoms with van der Waals surface area (Å²) < 4.78 is 26.8. The third-order valence-corrected chi connectivity index (χ3v) is 6.82. The zero-order valence-corrected chi connectivity index (χ0v) is 27.2. The van der Waals surface area contributed by atoms with E-state index in [1.54, 1.807) is 4.90 Å². The van der Waals surface area contributed by atoms with Gasteiger partial charge in [0.1, 0.15) is 11.6 Å². The summed E-state index contributed by atoms with van der Waals surface area (Å²) in [5.74, 6) is -0.737. The van der Waals surface area contributed by atoms with Gasteiger partial charge >= 0.3 is 0 Å². The highest BCUT2D eigenvalue weighted by Gasteiger charge is 2.25. The van der Waals surface area contributed by atoms with Crippen LogP contribution >= 0.6 is 0 Å². The Morgan fingerprint density at radius 1 is 0.975 bits per heavy atom. The Balaban J connectivity index is 0. The zero-order valence-electron chi connectivity index (χ0n) is 27.2. The molecule has 1 saturated heterocycles. The number of rotatable bonds is 7. The van der Waals surface area contributed by atoms with E-state index in [0.29, 0.717) is 24.6 Å². The Kier molecular flexibility index (Phi) is 23.2. The number of nitrogens with one attached hydrogen (secondary N) is 1. The third kappa shape index (κ3) is 15.4. The predicted octanol–water partition coefficient (Wildman–Crippen LogP) is 6.82. The van der Waals surface area contributed by atoms with Crippen molar-refractivity contribution >= 4 is 6.41 Å². The summed E-state index contributed by atoms with van der Waals surface area (Å²) in [6.07, 6.45) is 4.90. The topological polar surface area (TPSA) is 38.8 Å². The Labute approximate surface area is 244 Å². The second kappa shape index (κ2) is 23.4. The van der Waals surface area contributed by atoms with E-state index in [9.17, 15) is 13.6 Å². The number of benzene rings is 2. The van der Waals surface area contributed by atoms with Gasteiger partial charge in [0.15, 0.2) is 0 Å². The molecule has 1 aliphatic heterocycles. The molecule has 1 heterocycles. The van der Waals surface area contributed by atoms with Crippen LogP contribution in [0, 0.1) is 11.6 Å². The minimum absolute atomic E-state index is 0.162. The van der Waals surface area contributed by atoms with Crippen molar-refractivity contribution in [3.63, 3.8) is 0 Å². The lowest BCUT2D eigenvalue weighted by Gasteiger charge is -2.36. The highest BCUT2D eigenvalue weighted by molar-refractivity contribution is 5.47. The molecule has 2 aromatic rings. The summed E-state index contributed by atoms with van der Waals surface area (Å²) in [6, 6.07) is 14.3. The van der Waals surface area contributed by atoms with E-state index in [4.69, 9.17) is 0 Å². The molecular formula is C33H58F2N4O. The first-order valence-electron chi connectivity index (χ1n) is 14.7. The van der Waals surface area contributed by atoms with Gasteiger partial charge in [-0.05, 0) is 110 Å². The van der Waals surface area contributed by atoms with Gasteiger partial charge in [0.05, 0.1) is 0 Å². The average Bonchev–Trinajstić information content (AvgIpc) is 3.20. The normalized spacial score (nSPS) is 14.9. The molecule has 0 spiro atoms. The lowest BCUT2D eigenvalue weighted by molar-refractivity contribution is -0.119. The third-order valence-electron chi connectivity index (χ3n) is 6.82. The Morgan fingerprint density at radius 2 is 1.55 bits per heavy atom. The number of nitrogens with zero attached hydrogens (tertiary/aromatic N) is 3. The van der Waals surface area contributed by atoms with Crippen molar-refractivity contribution in [1.82, 2.24) is 20.0 Å². The Morgan fingerprint density at radius 3 is 2.10 bits per heavy atom. The smallest absolute Gasteiger partial charge is 0.209 e. The summed E-state index contributed by atoms with van der Waals surface area (Å²) in [7, 11) is 9.77. The summed E-state index contributed by atoms with van der Waals surface area (Å²) in [5, 5.41) is 2.75. The van der Waals surface area contributed by atoms with E-state index < -0.39 is 5.82 Å². The standard InChI is InChI=1S/C18H21F2N.C9H18N2O.C2H7N.2C2H6/c1-18(2,15-7-5-4-6-8-15)21(3)12-11-14-13-16(19)9-10-17(14)20;1-10-6-3-4-9(5-7-10)11(2)8-12;1-3-2;2*1-2/h4-10,13H,11-12H2,1-3H3;8-9H,3-7H2,1-2H3;3H,1-2H3;2*1-2H3. The van der Waals surface area contributed by atoms with Crippen molar-refractivity contribution < 1.29 is 13.6 Å². The van der Waals surface area contributed by atoms with E-state index in [0.717, 1.165) is 31.9 Å². The fraction of sp³-hybridized carbons (Fsp3) is 0.606. The molecule has 0 aliphatic carbocycles. The van der Waals surface area contributed by atoms with Gasteiger partial charge in [0, 0.05) is 25.2 Å². The number of carbonyl (C=O) groups is 1. The van der Waals surface area contributed by atoms with E-state index >= 15 is 0 Å². The molecule has 0 saturated carbocycles. The first-order valence-corrected chi connectivity index (χ1v) is 14.7. The lowest BCUT2D eigenvalue weighted by Crippen LogP contribution is -2.39. The monoisotopic (exact) mass is 564 g/mol. The van der Waals surface area contributed by atoms with E-state index in [-0.39, 0.29) is 11.4 Å². The van der Waals surface area contributed by atoms with E-state index in [2.05, 4.69) is 48.1 Å². The molecule has 1 N–H and O–H groups in total. The zero-order chi connectivity index (χ0) is 31.1. The SMILES string of the molecule is CC.CC.CN(CCc1cc(F)ccc1F)C(C)(C)c1ccccc1.CN1CCCC(N(C)C=O)CC1.CNC. The number of halogens is 2. The highest BCUT2D eigenvalue weighted by Crippen LogP contribution is 2.26. The van der Waals surface area contributed by atoms with E-state index in [1.807, 2.05) is 74.1 Å². The largest absolute Gasteiger partial charge is 0.345 e. The second-order valence-electron chi connectivity index (χ2n) is 9.99. The van der Waals surface area contributed by atoms with Crippen LogP contribution in [-0.2, 0) is 16.8 Å². The first-order chi connectivity index (χ1) is 19.1. The number of amides is 1. The number of likely N-dealkylation sites (N-methyl/N-ethyl adjacent to an activating group) is 1. The fourth-order valence-corrected chi connectivity index (χ4v) is 4.08. The summed E-state index contributed by atoms with van der Waals surface area (Å²) >= 11 is 0. The molecular weight excluding hydrogens is 506 g/mol. The minimum Gasteiger partial charge on any atom is -0.345 e. The van der Waals surface area contributed by atoms with Gasteiger partial charge in [0.25, 0.3) is 0 Å². The van der Waals surface area contributed by atoms with Crippen LogP contribution in [0.1, 0.15) is 71.9 Å². The van der Waals surface area contributed by atoms with Crippen molar-refractivity contribution in [2.24, 2.45) is 0 Å². The highest BCUT2D eigenvalue weighted by atomic mass is 19.1. The molecule has 1 atom stereocenters. The number of hydrogen-bond donors (Lipinski definition) is 1. The molecule has 230 valence electrons. The van der Waals surface area contributed by atoms with Gasteiger partial charge < -0.3 is 15.1 Å². The molecule has 0 bridgehead atoms. The molecule has 7 heteroatoms. The van der Waals surface area contributed by atoms with Crippen molar-refractivity contribution in [1.29, 1.82) is 0 Å². The summed E-state index contributed by atoms with van der Waals surface area (Å²) in [4.78, 5) is 16.8. The molecule has 40 heavy (non-hydrogen) atoms. The van der Waals surface area contributed by atoms with Crippen LogP contribution in [0.3, 0.4) is 0 Å². The average molecular weight is 565 g/mol. The van der Waals surface area contributed by atoms with Crippen LogP contribution in [0.2, 0.25) is 0 Å². The van der Waals surface area contributed by atoms with Crippen LogP contribution in [-0.4, -0.2) is 82.0 Å². The molecule has 1 aliphatic rings. The molecule has 0 aromatic heterocycles. The summed E-state index contributed by atoms with van der Waals surface area (Å²) in [5.41, 5.74) is 1.46.